The van der Waals surface area contributed by atoms with E-state index in [1.54, 1.807) is 0 Å². The van der Waals surface area contributed by atoms with Crippen LogP contribution in [0.2, 0.25) is 0 Å². The van der Waals surface area contributed by atoms with Gasteiger partial charge in [-0.05, 0) is 64.2 Å². The summed E-state index contributed by atoms with van der Waals surface area (Å²) < 4.78 is 34.3. The number of hydrogen-bond donors (Lipinski definition) is 2. The smallest absolute Gasteiger partial charge is 0.303 e. The quantitative estimate of drug-likeness (QED) is 0.132. The average Bonchev–Trinajstić information content (AvgIpc) is 3.20. The number of benzene rings is 2. The molecule has 0 amide bonds. The Bertz CT molecular complexity index is 1560. The number of unbranched alkanes of at least 4 members (excludes halogenated alkanes) is 3. The normalized spacial score (nSPS) is 18.6. The molecule has 0 radical (unpaired) electrons. The van der Waals surface area contributed by atoms with Gasteiger partial charge in [0.15, 0.2) is 5.71 Å². The van der Waals surface area contributed by atoms with Crippen LogP contribution in [0.1, 0.15) is 71.3 Å². The van der Waals surface area contributed by atoms with Gasteiger partial charge in [0, 0.05) is 54.2 Å². The summed E-state index contributed by atoms with van der Waals surface area (Å²) in [5.74, 6) is -0.974. The first-order valence-electron chi connectivity index (χ1n) is 15.0. The fourth-order valence-corrected chi connectivity index (χ4v) is 6.74. The Kier molecular flexibility index (Phi) is 10.6. The number of aliphatic carboxylic acids is 1. The van der Waals surface area contributed by atoms with Crippen LogP contribution in [0.25, 0.3) is 0 Å². The summed E-state index contributed by atoms with van der Waals surface area (Å²) in [7, 11) is -3.99. The molecule has 0 saturated carbocycles. The van der Waals surface area contributed by atoms with Gasteiger partial charge in [-0.15, -0.1) is 0 Å². The van der Waals surface area contributed by atoms with Crippen LogP contribution in [0.4, 0.5) is 11.4 Å². The molecule has 1 unspecified atom stereocenters. The molecule has 2 aromatic rings. The minimum atomic E-state index is -3.99. The predicted octanol–water partition coefficient (Wildman–Crippen LogP) is 7.54. The van der Waals surface area contributed by atoms with Crippen molar-refractivity contribution in [1.82, 2.24) is 9.48 Å². The SMILES string of the molecule is CC1=CC(=C/C=C/C2=[N+](c3ccccc3)c3ccccc3C2(C)CCCCS(=O)(=O)O)C=C(C)N1CCCCCC(=O)O. The monoisotopic (exact) mass is 603 g/mol. The Morgan fingerprint density at radius 2 is 1.60 bits per heavy atom. The van der Waals surface area contributed by atoms with Crippen molar-refractivity contribution in [2.75, 3.05) is 12.3 Å². The molecule has 0 aromatic heterocycles. The van der Waals surface area contributed by atoms with Crippen LogP contribution >= 0.6 is 0 Å². The lowest BCUT2D eigenvalue weighted by Crippen LogP contribution is -2.31. The second kappa shape index (κ2) is 14.1. The number of nitrogens with zero attached hydrogens (tertiary/aromatic N) is 2. The Morgan fingerprint density at radius 1 is 0.930 bits per heavy atom. The van der Waals surface area contributed by atoms with Gasteiger partial charge in [0.2, 0.25) is 11.4 Å². The topological polar surface area (TPSA) is 97.9 Å². The number of hydrogen-bond acceptors (Lipinski definition) is 4. The number of fused-ring (bicyclic) bond motifs is 1. The van der Waals surface area contributed by atoms with Crippen LogP contribution in [0.15, 0.2) is 102 Å². The van der Waals surface area contributed by atoms with Crippen molar-refractivity contribution in [2.24, 2.45) is 0 Å². The van der Waals surface area contributed by atoms with E-state index in [0.29, 0.717) is 19.3 Å². The summed E-state index contributed by atoms with van der Waals surface area (Å²) in [5.41, 5.74) is 7.55. The zero-order valence-electron chi connectivity index (χ0n) is 25.4. The molecule has 2 aliphatic rings. The van der Waals surface area contributed by atoms with Gasteiger partial charge in [-0.1, -0.05) is 61.4 Å². The van der Waals surface area contributed by atoms with E-state index >= 15 is 0 Å². The summed E-state index contributed by atoms with van der Waals surface area (Å²) in [4.78, 5) is 13.1. The Balaban J connectivity index is 1.61. The molecule has 2 heterocycles. The maximum atomic E-state index is 11.4. The highest BCUT2D eigenvalue weighted by atomic mass is 32.2. The number of allylic oxidation sites excluding steroid dienone is 8. The van der Waals surface area contributed by atoms with E-state index < -0.39 is 16.1 Å². The van der Waals surface area contributed by atoms with Crippen molar-refractivity contribution < 1.29 is 22.9 Å². The number of carboxylic acid groups (broad SMARTS) is 1. The molecule has 4 rings (SSSR count). The lowest BCUT2D eigenvalue weighted by atomic mass is 9.75. The zero-order valence-corrected chi connectivity index (χ0v) is 26.2. The van der Waals surface area contributed by atoms with Crippen LogP contribution < -0.4 is 4.58 Å². The molecule has 228 valence electrons. The van der Waals surface area contributed by atoms with Gasteiger partial charge in [0.05, 0.1) is 11.2 Å². The number of carbonyl (C=O) groups is 1. The van der Waals surface area contributed by atoms with Gasteiger partial charge in [0.25, 0.3) is 10.1 Å². The van der Waals surface area contributed by atoms with Gasteiger partial charge in [-0.25, -0.2) is 0 Å². The first kappa shape index (κ1) is 32.2. The van der Waals surface area contributed by atoms with Crippen molar-refractivity contribution in [2.45, 2.75) is 71.1 Å². The molecule has 1 atom stereocenters. The van der Waals surface area contributed by atoms with Gasteiger partial charge < -0.3 is 10.0 Å². The maximum absolute atomic E-state index is 11.4. The third kappa shape index (κ3) is 8.21. The van der Waals surface area contributed by atoms with Crippen molar-refractivity contribution >= 4 is 33.2 Å². The van der Waals surface area contributed by atoms with E-state index in [1.807, 2.05) is 30.3 Å². The van der Waals surface area contributed by atoms with Gasteiger partial charge in [-0.3, -0.25) is 9.35 Å². The minimum absolute atomic E-state index is 0.221. The standard InChI is InChI=1S/C35H42N2O5S/c1-27-25-29(26-28(2)36(27)23-12-5-8-21-34(38)39)15-14-20-33-35(3,22-11-13-24-43(40,41)42)31-18-9-10-19-32(31)37(33)30-16-6-4-7-17-30/h4,6-7,9-10,14-20,25-26H,5,8,11-13,21-24H2,1-3H3,(H-,38,39,40,41,42)/p+1. The maximum Gasteiger partial charge on any atom is 0.303 e. The Hall–Kier alpha value is -3.75. The summed E-state index contributed by atoms with van der Waals surface area (Å²) in [6.45, 7) is 7.30. The Labute approximate surface area is 256 Å². The van der Waals surface area contributed by atoms with Gasteiger partial charge in [-0.2, -0.15) is 13.0 Å². The van der Waals surface area contributed by atoms with Gasteiger partial charge in [0.1, 0.15) is 0 Å². The van der Waals surface area contributed by atoms with Gasteiger partial charge >= 0.3 is 5.97 Å². The number of carboxylic acids is 1. The van der Waals surface area contributed by atoms with E-state index in [4.69, 9.17) is 5.11 Å². The highest BCUT2D eigenvalue weighted by Gasteiger charge is 2.47. The largest absolute Gasteiger partial charge is 0.481 e. The molecule has 7 nitrogen and oxygen atoms in total. The summed E-state index contributed by atoms with van der Waals surface area (Å²) in [6, 6.07) is 18.7. The second-order valence-corrected chi connectivity index (χ2v) is 13.2. The molecular formula is C35H43N2O5S+. The van der Waals surface area contributed by atoms with Crippen molar-refractivity contribution in [1.29, 1.82) is 0 Å². The van der Waals surface area contributed by atoms with Crippen LogP contribution in [0, 0.1) is 0 Å². The van der Waals surface area contributed by atoms with Crippen molar-refractivity contribution in [3.8, 4) is 0 Å². The molecule has 0 saturated heterocycles. The highest BCUT2D eigenvalue weighted by molar-refractivity contribution is 7.85. The Morgan fingerprint density at radius 3 is 2.28 bits per heavy atom. The van der Waals surface area contributed by atoms with Crippen LogP contribution in [-0.2, 0) is 20.3 Å². The van der Waals surface area contributed by atoms with E-state index in [-0.39, 0.29) is 17.6 Å². The molecular weight excluding hydrogens is 560 g/mol. The van der Waals surface area contributed by atoms with E-state index in [0.717, 1.165) is 59.9 Å². The third-order valence-corrected chi connectivity index (χ3v) is 9.11. The predicted molar refractivity (Wildman–Crippen MR) is 175 cm³/mol. The number of para-hydroxylation sites is 2. The minimum Gasteiger partial charge on any atom is -0.481 e. The van der Waals surface area contributed by atoms with E-state index in [1.165, 1.54) is 5.56 Å². The molecule has 43 heavy (non-hydrogen) atoms. The first-order valence-corrected chi connectivity index (χ1v) is 16.6. The fourth-order valence-electron chi connectivity index (χ4n) is 6.17. The molecule has 0 aliphatic carbocycles. The summed E-state index contributed by atoms with van der Waals surface area (Å²) in [6.07, 6.45) is 15.3. The summed E-state index contributed by atoms with van der Waals surface area (Å²) in [5, 5.41) is 8.86. The molecule has 0 spiro atoms. The van der Waals surface area contributed by atoms with E-state index in [9.17, 15) is 17.8 Å². The van der Waals surface area contributed by atoms with Crippen molar-refractivity contribution in [3.63, 3.8) is 0 Å². The van der Waals surface area contributed by atoms with E-state index in [2.05, 4.69) is 84.9 Å². The average molecular weight is 604 g/mol. The van der Waals surface area contributed by atoms with Crippen molar-refractivity contribution in [3.05, 3.63) is 108 Å². The zero-order chi connectivity index (χ0) is 31.0. The first-order chi connectivity index (χ1) is 20.5. The fraction of sp³-hybridized carbons (Fsp3) is 0.371. The third-order valence-electron chi connectivity index (χ3n) is 8.31. The molecule has 0 bridgehead atoms. The second-order valence-electron chi connectivity index (χ2n) is 11.6. The van der Waals surface area contributed by atoms with Crippen LogP contribution in [0.3, 0.4) is 0 Å². The highest BCUT2D eigenvalue weighted by Crippen LogP contribution is 2.45. The van der Waals surface area contributed by atoms with Crippen LogP contribution in [-0.4, -0.2) is 47.0 Å². The molecule has 0 fully saturated rings. The lowest BCUT2D eigenvalue weighted by Gasteiger charge is -2.29. The molecule has 2 aromatic carbocycles. The molecule has 8 heteroatoms. The number of rotatable bonds is 14. The lowest BCUT2D eigenvalue weighted by molar-refractivity contribution is -0.137. The van der Waals surface area contributed by atoms with Crippen LogP contribution in [0.5, 0.6) is 0 Å². The summed E-state index contributed by atoms with van der Waals surface area (Å²) >= 11 is 0. The molecule has 2 N–H and O–H groups in total. The molecule has 2 aliphatic heterocycles.